The van der Waals surface area contributed by atoms with Crippen molar-refractivity contribution in [3.63, 3.8) is 0 Å². The Hall–Kier alpha value is -2.52. The van der Waals surface area contributed by atoms with Crippen molar-refractivity contribution in [3.05, 3.63) is 47.5 Å². The van der Waals surface area contributed by atoms with Crippen LogP contribution in [0.3, 0.4) is 0 Å². The predicted octanol–water partition coefficient (Wildman–Crippen LogP) is 3.72. The maximum Gasteiger partial charge on any atom is 0.239 e. The van der Waals surface area contributed by atoms with Gasteiger partial charge in [-0.25, -0.2) is 0 Å². The summed E-state index contributed by atoms with van der Waals surface area (Å²) in [5, 5.41) is 20.9. The number of carbonyl (C=O) groups is 1. The van der Waals surface area contributed by atoms with Gasteiger partial charge in [0.25, 0.3) is 0 Å². The average molecular weight is 401 g/mol. The zero-order valence-corrected chi connectivity index (χ0v) is 17.0. The molecule has 2 heterocycles. The van der Waals surface area contributed by atoms with Crippen molar-refractivity contribution >= 4 is 34.1 Å². The van der Waals surface area contributed by atoms with Gasteiger partial charge >= 0.3 is 0 Å². The summed E-state index contributed by atoms with van der Waals surface area (Å²) < 4.78 is 1.97. The normalized spacial score (nSPS) is 12.0. The van der Waals surface area contributed by atoms with E-state index in [1.165, 1.54) is 23.1 Å². The molecule has 1 atom stereocenters. The monoisotopic (exact) mass is 400 g/mol. The first kappa shape index (κ1) is 19.2. The van der Waals surface area contributed by atoms with Crippen molar-refractivity contribution in [1.29, 1.82) is 0 Å². The highest BCUT2D eigenvalue weighted by molar-refractivity contribution is 8.00. The van der Waals surface area contributed by atoms with Crippen molar-refractivity contribution in [1.82, 2.24) is 25.0 Å². The van der Waals surface area contributed by atoms with Crippen LogP contribution < -0.4 is 5.32 Å². The third-order valence-corrected chi connectivity index (χ3v) is 5.66. The molecule has 1 aromatic carbocycles. The Labute approximate surface area is 165 Å². The van der Waals surface area contributed by atoms with Gasteiger partial charge in [0.1, 0.15) is 5.01 Å². The molecule has 0 unspecified atom stereocenters. The minimum Gasteiger partial charge on any atom is -0.300 e. The zero-order valence-electron chi connectivity index (χ0n) is 15.3. The minimum atomic E-state index is -0.369. The lowest BCUT2D eigenvalue weighted by Gasteiger charge is -2.12. The fraction of sp³-hybridized carbons (Fsp3) is 0.278. The summed E-state index contributed by atoms with van der Waals surface area (Å²) in [6.07, 6.45) is 1.80. The molecule has 0 saturated heterocycles. The molecular weight excluding hydrogens is 380 g/mol. The number of allylic oxidation sites excluding steroid dienone is 1. The Morgan fingerprint density at radius 2 is 2.07 bits per heavy atom. The Morgan fingerprint density at radius 1 is 1.30 bits per heavy atom. The van der Waals surface area contributed by atoms with Crippen LogP contribution in [0.2, 0.25) is 0 Å². The second-order valence-corrected chi connectivity index (χ2v) is 8.39. The van der Waals surface area contributed by atoms with Crippen molar-refractivity contribution in [2.75, 3.05) is 5.32 Å². The summed E-state index contributed by atoms with van der Waals surface area (Å²) in [7, 11) is 0. The lowest BCUT2D eigenvalue weighted by atomic mass is 10.1. The van der Waals surface area contributed by atoms with Gasteiger partial charge in [-0.05, 0) is 26.3 Å². The van der Waals surface area contributed by atoms with E-state index in [1.54, 1.807) is 6.08 Å². The van der Waals surface area contributed by atoms with Crippen LogP contribution in [-0.4, -0.2) is 36.1 Å². The number of thioether (sulfide) groups is 1. The van der Waals surface area contributed by atoms with E-state index < -0.39 is 0 Å². The van der Waals surface area contributed by atoms with Crippen LogP contribution in [0.5, 0.6) is 0 Å². The molecular formula is C18H20N6OS2. The molecule has 9 heteroatoms. The van der Waals surface area contributed by atoms with Crippen LogP contribution in [0.4, 0.5) is 5.13 Å². The maximum absolute atomic E-state index is 12.5. The Kier molecular flexibility index (Phi) is 6.02. The topological polar surface area (TPSA) is 85.6 Å². The van der Waals surface area contributed by atoms with Crippen LogP contribution in [0.1, 0.15) is 17.5 Å². The van der Waals surface area contributed by atoms with Gasteiger partial charge in [-0.15, -0.1) is 27.0 Å². The fourth-order valence-corrected chi connectivity index (χ4v) is 3.91. The van der Waals surface area contributed by atoms with E-state index in [0.717, 1.165) is 22.0 Å². The molecule has 0 saturated carbocycles. The van der Waals surface area contributed by atoms with E-state index >= 15 is 0 Å². The largest absolute Gasteiger partial charge is 0.300 e. The minimum absolute atomic E-state index is 0.151. The molecule has 2 aromatic heterocycles. The molecule has 140 valence electrons. The van der Waals surface area contributed by atoms with Crippen molar-refractivity contribution in [2.24, 2.45) is 0 Å². The number of carbonyl (C=O) groups excluding carboxylic acids is 1. The smallest absolute Gasteiger partial charge is 0.239 e. The summed E-state index contributed by atoms with van der Waals surface area (Å²) in [6, 6.07) is 8.02. The number of nitrogens with one attached hydrogen (secondary N) is 1. The Morgan fingerprint density at radius 3 is 2.74 bits per heavy atom. The molecule has 0 aliphatic carbocycles. The molecule has 3 aromatic rings. The number of rotatable bonds is 7. The Balaban J connectivity index is 1.81. The van der Waals surface area contributed by atoms with E-state index in [0.29, 0.717) is 16.8 Å². The van der Waals surface area contributed by atoms with Gasteiger partial charge in [-0.2, -0.15) is 0 Å². The summed E-state index contributed by atoms with van der Waals surface area (Å²) in [5.74, 6) is 0.615. The first-order valence-electron chi connectivity index (χ1n) is 8.37. The molecule has 0 bridgehead atoms. The summed E-state index contributed by atoms with van der Waals surface area (Å²) in [6.45, 7) is 10.1. The van der Waals surface area contributed by atoms with Crippen molar-refractivity contribution in [3.8, 4) is 11.4 Å². The third kappa shape index (κ3) is 4.42. The molecule has 7 nitrogen and oxygen atoms in total. The standard InChI is InChI=1S/C18H20N6OS2/c1-5-10-24-15(14-9-7-6-8-11(14)2)21-23-18(24)26-12(3)16(25)19-17-22-20-13(4)27-17/h5-9,12H,1,10H2,2-4H3,(H,19,22,25)/t12-/m0/s1. The van der Waals surface area contributed by atoms with Gasteiger partial charge in [0.2, 0.25) is 11.0 Å². The number of amides is 1. The highest BCUT2D eigenvalue weighted by Crippen LogP contribution is 2.29. The SMILES string of the molecule is C=CCn1c(S[C@@H](C)C(=O)Nc2nnc(C)s2)nnc1-c1ccccc1C. The molecule has 1 N–H and O–H groups in total. The maximum atomic E-state index is 12.5. The van der Waals surface area contributed by atoms with Crippen molar-refractivity contribution in [2.45, 2.75) is 37.7 Å². The van der Waals surface area contributed by atoms with Crippen molar-refractivity contribution < 1.29 is 4.79 Å². The second kappa shape index (κ2) is 8.45. The number of nitrogens with zero attached hydrogens (tertiary/aromatic N) is 5. The highest BCUT2D eigenvalue weighted by atomic mass is 32.2. The number of benzene rings is 1. The van der Waals surface area contributed by atoms with E-state index in [-0.39, 0.29) is 11.2 Å². The molecule has 0 aliphatic rings. The first-order chi connectivity index (χ1) is 13.0. The van der Waals surface area contributed by atoms with E-state index in [9.17, 15) is 4.79 Å². The van der Waals surface area contributed by atoms with Gasteiger partial charge in [-0.3, -0.25) is 14.7 Å². The Bertz CT molecular complexity index is 964. The number of aromatic nitrogens is 5. The van der Waals surface area contributed by atoms with Crippen LogP contribution in [0.15, 0.2) is 42.1 Å². The fourth-order valence-electron chi connectivity index (χ4n) is 2.46. The molecule has 0 aliphatic heterocycles. The summed E-state index contributed by atoms with van der Waals surface area (Å²) in [4.78, 5) is 12.5. The van der Waals surface area contributed by atoms with Crippen LogP contribution >= 0.6 is 23.1 Å². The summed E-state index contributed by atoms with van der Waals surface area (Å²) in [5.41, 5.74) is 2.13. The molecule has 3 rings (SSSR count). The molecule has 0 fully saturated rings. The van der Waals surface area contributed by atoms with Gasteiger partial charge in [0.05, 0.1) is 5.25 Å². The van der Waals surface area contributed by atoms with Gasteiger partial charge < -0.3 is 0 Å². The van der Waals surface area contributed by atoms with Crippen LogP contribution in [0.25, 0.3) is 11.4 Å². The number of anilines is 1. The molecule has 0 radical (unpaired) electrons. The number of aryl methyl sites for hydroxylation is 2. The van der Waals surface area contributed by atoms with E-state index in [2.05, 4.69) is 32.3 Å². The van der Waals surface area contributed by atoms with Gasteiger partial charge in [0, 0.05) is 12.1 Å². The number of hydrogen-bond donors (Lipinski definition) is 1. The molecule has 27 heavy (non-hydrogen) atoms. The molecule has 1 amide bonds. The van der Waals surface area contributed by atoms with E-state index in [4.69, 9.17) is 0 Å². The second-order valence-electron chi connectivity index (χ2n) is 5.90. The quantitative estimate of drug-likeness (QED) is 0.481. The van der Waals surface area contributed by atoms with Crippen LogP contribution in [0, 0.1) is 13.8 Å². The third-order valence-electron chi connectivity index (χ3n) is 3.82. The predicted molar refractivity (Wildman–Crippen MR) is 109 cm³/mol. The van der Waals surface area contributed by atoms with Gasteiger partial charge in [-0.1, -0.05) is 53.4 Å². The average Bonchev–Trinajstić information content (AvgIpc) is 3.22. The lowest BCUT2D eigenvalue weighted by molar-refractivity contribution is -0.115. The zero-order chi connectivity index (χ0) is 19.4. The first-order valence-corrected chi connectivity index (χ1v) is 10.1. The lowest BCUT2D eigenvalue weighted by Crippen LogP contribution is -2.22. The number of hydrogen-bond acceptors (Lipinski definition) is 7. The molecule has 0 spiro atoms. The van der Waals surface area contributed by atoms with E-state index in [1.807, 2.05) is 49.6 Å². The highest BCUT2D eigenvalue weighted by Gasteiger charge is 2.21. The van der Waals surface area contributed by atoms with Gasteiger partial charge in [0.15, 0.2) is 11.0 Å². The van der Waals surface area contributed by atoms with Crippen LogP contribution in [-0.2, 0) is 11.3 Å². The summed E-state index contributed by atoms with van der Waals surface area (Å²) >= 11 is 2.70.